The highest BCUT2D eigenvalue weighted by Gasteiger charge is 2.32. The van der Waals surface area contributed by atoms with Crippen molar-refractivity contribution < 1.29 is 0 Å². The standard InChI is InChI=1S/C15H22N4/c1-11-3-6-15-17-13(10-19(15)8-11)9-18(2)14(7-16)12-4-5-12/h3,6,8,10,12,14H,4-5,7,9,16H2,1-2H3. The van der Waals surface area contributed by atoms with Gasteiger partial charge in [-0.2, -0.15) is 0 Å². The van der Waals surface area contributed by atoms with E-state index in [0.717, 1.165) is 30.3 Å². The number of hydrogen-bond donors (Lipinski definition) is 1. The van der Waals surface area contributed by atoms with Gasteiger partial charge in [0.2, 0.25) is 0 Å². The van der Waals surface area contributed by atoms with Gasteiger partial charge in [0.15, 0.2) is 0 Å². The molecule has 1 fully saturated rings. The Morgan fingerprint density at radius 1 is 1.42 bits per heavy atom. The molecule has 0 aromatic carbocycles. The van der Waals surface area contributed by atoms with E-state index in [9.17, 15) is 0 Å². The second kappa shape index (κ2) is 4.94. The van der Waals surface area contributed by atoms with Crippen LogP contribution in [0.1, 0.15) is 24.1 Å². The van der Waals surface area contributed by atoms with E-state index in [1.165, 1.54) is 18.4 Å². The van der Waals surface area contributed by atoms with E-state index in [1.54, 1.807) is 0 Å². The zero-order valence-electron chi connectivity index (χ0n) is 11.7. The van der Waals surface area contributed by atoms with Gasteiger partial charge in [-0.05, 0) is 44.4 Å². The molecule has 2 heterocycles. The van der Waals surface area contributed by atoms with Crippen molar-refractivity contribution in [3.05, 3.63) is 35.8 Å². The average molecular weight is 258 g/mol. The zero-order valence-corrected chi connectivity index (χ0v) is 11.7. The molecule has 1 aliphatic rings. The van der Waals surface area contributed by atoms with Crippen LogP contribution in [0.3, 0.4) is 0 Å². The first-order valence-electron chi connectivity index (χ1n) is 7.02. The maximum Gasteiger partial charge on any atom is 0.137 e. The Hall–Kier alpha value is -1.39. The van der Waals surface area contributed by atoms with Crippen LogP contribution in [0.4, 0.5) is 0 Å². The van der Waals surface area contributed by atoms with Crippen LogP contribution in [0.25, 0.3) is 5.65 Å². The summed E-state index contributed by atoms with van der Waals surface area (Å²) in [5.74, 6) is 0.800. The fourth-order valence-electron chi connectivity index (χ4n) is 2.82. The summed E-state index contributed by atoms with van der Waals surface area (Å²) >= 11 is 0. The smallest absolute Gasteiger partial charge is 0.137 e. The molecule has 2 N–H and O–H groups in total. The Morgan fingerprint density at radius 2 is 2.21 bits per heavy atom. The third kappa shape index (κ3) is 2.65. The number of rotatable bonds is 5. The van der Waals surface area contributed by atoms with E-state index in [1.807, 2.05) is 0 Å². The van der Waals surface area contributed by atoms with Gasteiger partial charge in [0.25, 0.3) is 0 Å². The molecule has 102 valence electrons. The number of imidazole rings is 1. The van der Waals surface area contributed by atoms with Gasteiger partial charge in [0, 0.05) is 31.5 Å². The first-order chi connectivity index (χ1) is 9.17. The second-order valence-corrected chi connectivity index (χ2v) is 5.76. The van der Waals surface area contributed by atoms with Crippen LogP contribution in [0.15, 0.2) is 24.5 Å². The molecule has 0 aliphatic heterocycles. The van der Waals surface area contributed by atoms with Crippen LogP contribution in [0.5, 0.6) is 0 Å². The van der Waals surface area contributed by atoms with Crippen LogP contribution >= 0.6 is 0 Å². The SMILES string of the molecule is Cc1ccc2nc(CN(C)C(CN)C3CC3)cn2c1. The van der Waals surface area contributed by atoms with E-state index in [0.29, 0.717) is 6.04 Å². The summed E-state index contributed by atoms with van der Waals surface area (Å²) in [6.45, 7) is 3.72. The predicted octanol–water partition coefficient (Wildman–Crippen LogP) is 1.81. The molecule has 0 amide bonds. The van der Waals surface area contributed by atoms with Crippen molar-refractivity contribution in [1.82, 2.24) is 14.3 Å². The lowest BCUT2D eigenvalue weighted by molar-refractivity contribution is 0.213. The molecule has 0 radical (unpaired) electrons. The summed E-state index contributed by atoms with van der Waals surface area (Å²) < 4.78 is 2.10. The minimum absolute atomic E-state index is 0.506. The Kier molecular flexibility index (Phi) is 3.29. The number of nitrogens with two attached hydrogens (primary N) is 1. The van der Waals surface area contributed by atoms with Gasteiger partial charge in [-0.1, -0.05) is 6.07 Å². The van der Waals surface area contributed by atoms with Crippen molar-refractivity contribution in [2.24, 2.45) is 11.7 Å². The Morgan fingerprint density at radius 3 is 2.89 bits per heavy atom. The van der Waals surface area contributed by atoms with E-state index in [2.05, 4.69) is 52.8 Å². The van der Waals surface area contributed by atoms with Crippen molar-refractivity contribution in [2.45, 2.75) is 32.4 Å². The van der Waals surface area contributed by atoms with Crippen molar-refractivity contribution in [3.8, 4) is 0 Å². The molecule has 19 heavy (non-hydrogen) atoms. The first-order valence-corrected chi connectivity index (χ1v) is 7.02. The first kappa shape index (κ1) is 12.6. The Balaban J connectivity index is 1.76. The third-order valence-corrected chi connectivity index (χ3v) is 4.03. The highest BCUT2D eigenvalue weighted by atomic mass is 15.2. The number of hydrogen-bond acceptors (Lipinski definition) is 3. The summed E-state index contributed by atoms with van der Waals surface area (Å²) in [4.78, 5) is 7.02. The Bertz CT molecular complexity index is 571. The van der Waals surface area contributed by atoms with Gasteiger partial charge in [-0.3, -0.25) is 4.90 Å². The molecular formula is C15H22N4. The second-order valence-electron chi connectivity index (χ2n) is 5.76. The van der Waals surface area contributed by atoms with Crippen LogP contribution < -0.4 is 5.73 Å². The highest BCUT2D eigenvalue weighted by molar-refractivity contribution is 5.41. The topological polar surface area (TPSA) is 46.6 Å². The molecule has 2 aromatic heterocycles. The minimum Gasteiger partial charge on any atom is -0.329 e. The minimum atomic E-state index is 0.506. The Labute approximate surface area is 114 Å². The van der Waals surface area contributed by atoms with Crippen molar-refractivity contribution in [2.75, 3.05) is 13.6 Å². The summed E-state index contributed by atoms with van der Waals surface area (Å²) in [5.41, 5.74) is 9.28. The average Bonchev–Trinajstić information content (AvgIpc) is 3.11. The molecular weight excluding hydrogens is 236 g/mol. The van der Waals surface area contributed by atoms with Crippen LogP contribution in [-0.2, 0) is 6.54 Å². The largest absolute Gasteiger partial charge is 0.329 e. The maximum atomic E-state index is 5.90. The molecule has 1 unspecified atom stereocenters. The van der Waals surface area contributed by atoms with Crippen LogP contribution in [-0.4, -0.2) is 33.9 Å². The van der Waals surface area contributed by atoms with E-state index < -0.39 is 0 Å². The molecule has 0 bridgehead atoms. The van der Waals surface area contributed by atoms with Gasteiger partial charge in [0.1, 0.15) is 5.65 Å². The lowest BCUT2D eigenvalue weighted by atomic mass is 10.1. The molecule has 0 saturated heterocycles. The molecule has 1 saturated carbocycles. The highest BCUT2D eigenvalue weighted by Crippen LogP contribution is 2.34. The van der Waals surface area contributed by atoms with E-state index >= 15 is 0 Å². The number of pyridine rings is 1. The molecule has 3 rings (SSSR count). The summed E-state index contributed by atoms with van der Waals surface area (Å²) in [6, 6.07) is 4.68. The fourth-order valence-corrected chi connectivity index (χ4v) is 2.82. The molecule has 1 atom stereocenters. The monoisotopic (exact) mass is 258 g/mol. The van der Waals surface area contributed by atoms with Crippen LogP contribution in [0, 0.1) is 12.8 Å². The summed E-state index contributed by atoms with van der Waals surface area (Å²) in [6.07, 6.45) is 6.90. The summed E-state index contributed by atoms with van der Waals surface area (Å²) in [7, 11) is 2.16. The van der Waals surface area contributed by atoms with Gasteiger partial charge in [-0.25, -0.2) is 4.98 Å². The van der Waals surface area contributed by atoms with Gasteiger partial charge < -0.3 is 10.1 Å². The third-order valence-electron chi connectivity index (χ3n) is 4.03. The van der Waals surface area contributed by atoms with Gasteiger partial charge in [-0.15, -0.1) is 0 Å². The van der Waals surface area contributed by atoms with Gasteiger partial charge >= 0.3 is 0 Å². The molecule has 2 aromatic rings. The molecule has 4 nitrogen and oxygen atoms in total. The van der Waals surface area contributed by atoms with Gasteiger partial charge in [0.05, 0.1) is 5.69 Å². The predicted molar refractivity (Wildman–Crippen MR) is 77.0 cm³/mol. The number of fused-ring (bicyclic) bond motifs is 1. The number of likely N-dealkylation sites (N-methyl/N-ethyl adjacent to an activating group) is 1. The number of aryl methyl sites for hydroxylation is 1. The molecule has 1 aliphatic carbocycles. The number of aromatic nitrogens is 2. The van der Waals surface area contributed by atoms with Crippen molar-refractivity contribution in [3.63, 3.8) is 0 Å². The maximum absolute atomic E-state index is 5.90. The van der Waals surface area contributed by atoms with E-state index in [4.69, 9.17) is 5.73 Å². The lowest BCUT2D eigenvalue weighted by Gasteiger charge is -2.25. The van der Waals surface area contributed by atoms with Crippen molar-refractivity contribution in [1.29, 1.82) is 0 Å². The quantitative estimate of drug-likeness (QED) is 0.889. The zero-order chi connectivity index (χ0) is 13.4. The molecule has 0 spiro atoms. The molecule has 4 heteroatoms. The normalized spacial score (nSPS) is 17.3. The summed E-state index contributed by atoms with van der Waals surface area (Å²) in [5, 5.41) is 0. The van der Waals surface area contributed by atoms with Crippen molar-refractivity contribution >= 4 is 5.65 Å². The lowest BCUT2D eigenvalue weighted by Crippen LogP contribution is -2.39. The number of nitrogens with zero attached hydrogens (tertiary/aromatic N) is 3. The van der Waals surface area contributed by atoms with E-state index in [-0.39, 0.29) is 0 Å². The fraction of sp³-hybridized carbons (Fsp3) is 0.533. The van der Waals surface area contributed by atoms with Crippen LogP contribution in [0.2, 0.25) is 0 Å².